The Morgan fingerprint density at radius 2 is 2.00 bits per heavy atom. The molecule has 0 amide bonds. The Morgan fingerprint density at radius 3 is 2.72 bits per heavy atom. The molecule has 0 saturated carbocycles. The summed E-state index contributed by atoms with van der Waals surface area (Å²) in [5.41, 5.74) is 8.67. The van der Waals surface area contributed by atoms with E-state index in [4.69, 9.17) is 5.73 Å². The highest BCUT2D eigenvalue weighted by molar-refractivity contribution is 5.84. The van der Waals surface area contributed by atoms with Crippen molar-refractivity contribution in [2.75, 3.05) is 0 Å². The van der Waals surface area contributed by atoms with Gasteiger partial charge in [-0.15, -0.1) is 0 Å². The largest absolute Gasteiger partial charge is 0.347 e. The molecule has 98 valence electrons. The van der Waals surface area contributed by atoms with Gasteiger partial charge in [-0.3, -0.25) is 0 Å². The lowest BCUT2D eigenvalue weighted by atomic mass is 10.1. The summed E-state index contributed by atoms with van der Waals surface area (Å²) in [7, 11) is 0. The zero-order valence-electron chi connectivity index (χ0n) is 11.5. The Hall–Kier alpha value is -1.28. The summed E-state index contributed by atoms with van der Waals surface area (Å²) >= 11 is 0. The van der Waals surface area contributed by atoms with Gasteiger partial charge in [0.15, 0.2) is 0 Å². The number of benzene rings is 1. The number of nitrogens with two attached hydrogens (primary N) is 1. The van der Waals surface area contributed by atoms with E-state index in [1.165, 1.54) is 35.7 Å². The normalized spacial score (nSPS) is 13.1. The zero-order valence-corrected chi connectivity index (χ0v) is 11.5. The first-order chi connectivity index (χ1) is 8.72. The topological polar surface area (TPSA) is 30.9 Å². The lowest BCUT2D eigenvalue weighted by Gasteiger charge is -2.04. The molecule has 0 fully saturated rings. The predicted molar refractivity (Wildman–Crippen MR) is 78.8 cm³/mol. The second-order valence-electron chi connectivity index (χ2n) is 5.25. The molecule has 0 radical (unpaired) electrons. The average Bonchev–Trinajstić information content (AvgIpc) is 2.68. The second-order valence-corrected chi connectivity index (χ2v) is 5.25. The molecule has 0 bridgehead atoms. The summed E-state index contributed by atoms with van der Waals surface area (Å²) in [6.07, 6.45) is 7.08. The predicted octanol–water partition coefficient (Wildman–Crippen LogP) is 3.72. The standard InChI is InChI=1S/C16H24N2/c1-3-4-7-10-18-12-14(11-13(2)17)15-8-5-6-9-16(15)18/h5-6,8-9,12-13H,3-4,7,10-11,17H2,1-2H3/t13-/m0/s1. The summed E-state index contributed by atoms with van der Waals surface area (Å²) in [5, 5.41) is 1.37. The Balaban J connectivity index is 2.29. The maximum Gasteiger partial charge on any atom is 0.0483 e. The SMILES string of the molecule is CCCCCn1cc(C[C@H](C)N)c2ccccc21. The van der Waals surface area contributed by atoms with Crippen molar-refractivity contribution in [2.45, 2.75) is 52.1 Å². The van der Waals surface area contributed by atoms with Crippen molar-refractivity contribution in [1.29, 1.82) is 0 Å². The highest BCUT2D eigenvalue weighted by Crippen LogP contribution is 2.22. The van der Waals surface area contributed by atoms with E-state index in [1.54, 1.807) is 0 Å². The van der Waals surface area contributed by atoms with Crippen molar-refractivity contribution in [3.05, 3.63) is 36.0 Å². The molecule has 0 spiro atoms. The summed E-state index contributed by atoms with van der Waals surface area (Å²) in [6, 6.07) is 8.88. The Kier molecular flexibility index (Phi) is 4.43. The van der Waals surface area contributed by atoms with Crippen LogP contribution in [0.5, 0.6) is 0 Å². The van der Waals surface area contributed by atoms with Crippen molar-refractivity contribution in [3.8, 4) is 0 Å². The van der Waals surface area contributed by atoms with E-state index in [2.05, 4.69) is 48.9 Å². The van der Waals surface area contributed by atoms with Crippen molar-refractivity contribution < 1.29 is 0 Å². The van der Waals surface area contributed by atoms with Crippen LogP contribution in [-0.2, 0) is 13.0 Å². The van der Waals surface area contributed by atoms with Gasteiger partial charge in [0.25, 0.3) is 0 Å². The zero-order chi connectivity index (χ0) is 13.0. The Bertz CT molecular complexity index is 497. The van der Waals surface area contributed by atoms with Gasteiger partial charge >= 0.3 is 0 Å². The fourth-order valence-corrected chi connectivity index (χ4v) is 2.55. The molecule has 0 aliphatic heterocycles. The number of aromatic nitrogens is 1. The third kappa shape index (κ3) is 2.94. The van der Waals surface area contributed by atoms with Gasteiger partial charge in [-0.1, -0.05) is 38.0 Å². The van der Waals surface area contributed by atoms with Crippen LogP contribution in [0.3, 0.4) is 0 Å². The van der Waals surface area contributed by atoms with Crippen molar-refractivity contribution in [2.24, 2.45) is 5.73 Å². The molecule has 1 atom stereocenters. The van der Waals surface area contributed by atoms with E-state index in [9.17, 15) is 0 Å². The fraction of sp³-hybridized carbons (Fsp3) is 0.500. The quantitative estimate of drug-likeness (QED) is 0.771. The van der Waals surface area contributed by atoms with Gasteiger partial charge in [0.1, 0.15) is 0 Å². The highest BCUT2D eigenvalue weighted by atomic mass is 15.0. The molecule has 2 N–H and O–H groups in total. The minimum atomic E-state index is 0.222. The van der Waals surface area contributed by atoms with Crippen molar-refractivity contribution in [1.82, 2.24) is 4.57 Å². The monoisotopic (exact) mass is 244 g/mol. The summed E-state index contributed by atoms with van der Waals surface area (Å²) in [4.78, 5) is 0. The minimum Gasteiger partial charge on any atom is -0.347 e. The van der Waals surface area contributed by atoms with Gasteiger partial charge in [0, 0.05) is 29.7 Å². The first-order valence-electron chi connectivity index (χ1n) is 7.04. The van der Waals surface area contributed by atoms with Crippen LogP contribution >= 0.6 is 0 Å². The molecule has 0 aliphatic rings. The molecule has 0 unspecified atom stereocenters. The molecule has 2 heteroatoms. The van der Waals surface area contributed by atoms with Crippen LogP contribution < -0.4 is 5.73 Å². The first-order valence-corrected chi connectivity index (χ1v) is 7.04. The molecular formula is C16H24N2. The van der Waals surface area contributed by atoms with Crippen LogP contribution in [0.15, 0.2) is 30.5 Å². The highest BCUT2D eigenvalue weighted by Gasteiger charge is 2.09. The molecule has 18 heavy (non-hydrogen) atoms. The van der Waals surface area contributed by atoms with Crippen LogP contribution in [-0.4, -0.2) is 10.6 Å². The number of aryl methyl sites for hydroxylation is 1. The molecule has 1 aromatic carbocycles. The van der Waals surface area contributed by atoms with E-state index < -0.39 is 0 Å². The molecule has 2 rings (SSSR count). The van der Waals surface area contributed by atoms with Crippen LogP contribution in [0.4, 0.5) is 0 Å². The molecular weight excluding hydrogens is 220 g/mol. The molecule has 2 nitrogen and oxygen atoms in total. The smallest absolute Gasteiger partial charge is 0.0483 e. The minimum absolute atomic E-state index is 0.222. The lowest BCUT2D eigenvalue weighted by Crippen LogP contribution is -2.17. The Labute approximate surface area is 110 Å². The van der Waals surface area contributed by atoms with Gasteiger partial charge in [0.05, 0.1) is 0 Å². The van der Waals surface area contributed by atoms with Crippen LogP contribution in [0.1, 0.15) is 38.7 Å². The molecule has 0 aliphatic carbocycles. The second kappa shape index (κ2) is 6.05. The van der Waals surface area contributed by atoms with Crippen LogP contribution in [0.25, 0.3) is 10.9 Å². The third-order valence-corrected chi connectivity index (χ3v) is 3.42. The van der Waals surface area contributed by atoms with E-state index >= 15 is 0 Å². The number of hydrogen-bond acceptors (Lipinski definition) is 1. The number of nitrogens with zero attached hydrogens (tertiary/aromatic N) is 1. The maximum absolute atomic E-state index is 5.94. The van der Waals surface area contributed by atoms with Gasteiger partial charge in [0.2, 0.25) is 0 Å². The summed E-state index contributed by atoms with van der Waals surface area (Å²) in [5.74, 6) is 0. The van der Waals surface area contributed by atoms with Crippen LogP contribution in [0.2, 0.25) is 0 Å². The van der Waals surface area contributed by atoms with Crippen molar-refractivity contribution in [3.63, 3.8) is 0 Å². The third-order valence-electron chi connectivity index (χ3n) is 3.42. The number of para-hydroxylation sites is 1. The number of hydrogen-bond donors (Lipinski definition) is 1. The number of fused-ring (bicyclic) bond motifs is 1. The van der Waals surface area contributed by atoms with E-state index in [0.29, 0.717) is 0 Å². The van der Waals surface area contributed by atoms with Gasteiger partial charge < -0.3 is 10.3 Å². The summed E-state index contributed by atoms with van der Waals surface area (Å²) in [6.45, 7) is 5.44. The van der Waals surface area contributed by atoms with Gasteiger partial charge in [-0.2, -0.15) is 0 Å². The number of unbranched alkanes of at least 4 members (excludes halogenated alkanes) is 2. The average molecular weight is 244 g/mol. The van der Waals surface area contributed by atoms with Gasteiger partial charge in [-0.05, 0) is 31.4 Å². The lowest BCUT2D eigenvalue weighted by molar-refractivity contribution is 0.614. The van der Waals surface area contributed by atoms with Crippen molar-refractivity contribution >= 4 is 10.9 Å². The molecule has 2 aromatic rings. The Morgan fingerprint density at radius 1 is 1.22 bits per heavy atom. The molecule has 1 aromatic heterocycles. The van der Waals surface area contributed by atoms with Gasteiger partial charge in [-0.25, -0.2) is 0 Å². The van der Waals surface area contributed by atoms with E-state index in [1.807, 2.05) is 0 Å². The maximum atomic E-state index is 5.94. The number of rotatable bonds is 6. The van der Waals surface area contributed by atoms with E-state index in [0.717, 1.165) is 13.0 Å². The van der Waals surface area contributed by atoms with E-state index in [-0.39, 0.29) is 6.04 Å². The first kappa shape index (κ1) is 13.2. The molecule has 1 heterocycles. The summed E-state index contributed by atoms with van der Waals surface area (Å²) < 4.78 is 2.39. The van der Waals surface area contributed by atoms with Crippen LogP contribution in [0, 0.1) is 0 Å². The molecule has 0 saturated heterocycles. The fourth-order valence-electron chi connectivity index (χ4n) is 2.55.